The smallest absolute Gasteiger partial charge is 0.150 e. The van der Waals surface area contributed by atoms with E-state index in [0.29, 0.717) is 24.2 Å². The van der Waals surface area contributed by atoms with Crippen LogP contribution < -0.4 is 4.74 Å². The minimum atomic E-state index is 0.0308. The maximum absolute atomic E-state index is 10.5. The first-order chi connectivity index (χ1) is 7.76. The Balaban J connectivity index is 2.44. The number of aromatic hydroxyl groups is 1. The van der Waals surface area contributed by atoms with Crippen molar-refractivity contribution in [1.82, 2.24) is 0 Å². The molecule has 0 saturated carbocycles. The first-order valence-corrected chi connectivity index (χ1v) is 5.12. The second-order valence-corrected chi connectivity index (χ2v) is 3.39. The molecular formula is C13H14O3. The number of terminal acetylenes is 1. The van der Waals surface area contributed by atoms with Crippen LogP contribution in [0.15, 0.2) is 18.2 Å². The van der Waals surface area contributed by atoms with E-state index < -0.39 is 0 Å². The second kappa shape index (κ2) is 6.52. The van der Waals surface area contributed by atoms with Gasteiger partial charge in [0, 0.05) is 18.1 Å². The van der Waals surface area contributed by atoms with Crippen molar-refractivity contribution in [3.8, 4) is 23.8 Å². The van der Waals surface area contributed by atoms with Gasteiger partial charge in [0.2, 0.25) is 0 Å². The minimum Gasteiger partial charge on any atom is -0.508 e. The van der Waals surface area contributed by atoms with Crippen LogP contribution >= 0.6 is 0 Å². The molecule has 0 aromatic heterocycles. The fraction of sp³-hybridized carbons (Fsp3) is 0.308. The first-order valence-electron chi connectivity index (χ1n) is 5.12. The summed E-state index contributed by atoms with van der Waals surface area (Å²) in [4.78, 5) is 10.5. The van der Waals surface area contributed by atoms with Crippen LogP contribution in [0.25, 0.3) is 0 Å². The number of rotatable bonds is 6. The topological polar surface area (TPSA) is 46.5 Å². The minimum absolute atomic E-state index is 0.0308. The molecule has 0 saturated heterocycles. The standard InChI is InChI=1S/C13H14O3/c1-2-3-4-5-6-16-13-8-11(10-14)7-12(15)9-13/h1,7-10,15H,3-6H2. The van der Waals surface area contributed by atoms with E-state index in [1.807, 2.05) is 0 Å². The zero-order valence-corrected chi connectivity index (χ0v) is 8.98. The van der Waals surface area contributed by atoms with Gasteiger partial charge in [0.1, 0.15) is 17.8 Å². The van der Waals surface area contributed by atoms with Crippen LogP contribution in [0.5, 0.6) is 11.5 Å². The molecule has 1 aromatic rings. The number of hydrogen-bond acceptors (Lipinski definition) is 3. The van der Waals surface area contributed by atoms with Crippen LogP contribution in [0.4, 0.5) is 0 Å². The molecule has 3 nitrogen and oxygen atoms in total. The van der Waals surface area contributed by atoms with Gasteiger partial charge in [-0.25, -0.2) is 0 Å². The maximum Gasteiger partial charge on any atom is 0.150 e. The normalized spacial score (nSPS) is 9.44. The fourth-order valence-corrected chi connectivity index (χ4v) is 1.28. The molecule has 0 fully saturated rings. The predicted molar refractivity (Wildman–Crippen MR) is 61.7 cm³/mol. The van der Waals surface area contributed by atoms with E-state index in [9.17, 15) is 9.90 Å². The van der Waals surface area contributed by atoms with Crippen LogP contribution in [0.1, 0.15) is 29.6 Å². The molecule has 0 aliphatic carbocycles. The first kappa shape index (κ1) is 12.1. The Morgan fingerprint density at radius 1 is 1.38 bits per heavy atom. The highest BCUT2D eigenvalue weighted by Gasteiger charge is 2.00. The third-order valence-corrected chi connectivity index (χ3v) is 2.03. The third kappa shape index (κ3) is 4.05. The molecule has 0 unspecified atom stereocenters. The molecule has 1 N–H and O–H groups in total. The Bertz CT molecular complexity index is 391. The molecule has 0 aliphatic rings. The largest absolute Gasteiger partial charge is 0.508 e. The average molecular weight is 218 g/mol. The van der Waals surface area contributed by atoms with Crippen molar-refractivity contribution in [2.45, 2.75) is 19.3 Å². The van der Waals surface area contributed by atoms with Crippen molar-refractivity contribution >= 4 is 6.29 Å². The molecule has 0 bridgehead atoms. The molecule has 84 valence electrons. The summed E-state index contributed by atoms with van der Waals surface area (Å²) in [5.41, 5.74) is 0.402. The lowest BCUT2D eigenvalue weighted by Gasteiger charge is -2.06. The van der Waals surface area contributed by atoms with Gasteiger partial charge in [0.25, 0.3) is 0 Å². The number of carbonyl (C=O) groups is 1. The summed E-state index contributed by atoms with van der Waals surface area (Å²) >= 11 is 0. The number of unbranched alkanes of at least 4 members (excludes halogenated alkanes) is 2. The predicted octanol–water partition coefficient (Wildman–Crippen LogP) is 2.39. The molecule has 3 heteroatoms. The van der Waals surface area contributed by atoms with Crippen molar-refractivity contribution in [2.24, 2.45) is 0 Å². The summed E-state index contributed by atoms with van der Waals surface area (Å²) in [5, 5.41) is 9.30. The molecule has 0 aliphatic heterocycles. The lowest BCUT2D eigenvalue weighted by atomic mass is 10.2. The van der Waals surface area contributed by atoms with Crippen molar-refractivity contribution < 1.29 is 14.6 Å². The molecule has 0 atom stereocenters. The van der Waals surface area contributed by atoms with Crippen LogP contribution in [0.2, 0.25) is 0 Å². The van der Waals surface area contributed by atoms with Gasteiger partial charge in [-0.15, -0.1) is 12.3 Å². The lowest BCUT2D eigenvalue weighted by molar-refractivity contribution is 0.112. The summed E-state index contributed by atoms with van der Waals surface area (Å²) < 4.78 is 5.39. The second-order valence-electron chi connectivity index (χ2n) is 3.39. The summed E-state index contributed by atoms with van der Waals surface area (Å²) in [6.07, 6.45) is 8.30. The fourth-order valence-electron chi connectivity index (χ4n) is 1.28. The van der Waals surface area contributed by atoms with Gasteiger partial charge >= 0.3 is 0 Å². The summed E-state index contributed by atoms with van der Waals surface area (Å²) in [6, 6.07) is 4.46. The van der Waals surface area contributed by atoms with Gasteiger partial charge in [-0.05, 0) is 25.0 Å². The van der Waals surface area contributed by atoms with Crippen LogP contribution in [-0.4, -0.2) is 18.0 Å². The number of phenols is 1. The zero-order valence-electron chi connectivity index (χ0n) is 8.98. The lowest BCUT2D eigenvalue weighted by Crippen LogP contribution is -1.97. The van der Waals surface area contributed by atoms with Gasteiger partial charge < -0.3 is 9.84 Å². The van der Waals surface area contributed by atoms with Gasteiger partial charge in [-0.1, -0.05) is 0 Å². The number of aldehydes is 1. The molecule has 0 amide bonds. The van der Waals surface area contributed by atoms with Crippen molar-refractivity contribution in [3.63, 3.8) is 0 Å². The highest BCUT2D eigenvalue weighted by Crippen LogP contribution is 2.21. The van der Waals surface area contributed by atoms with E-state index in [-0.39, 0.29) is 5.75 Å². The Morgan fingerprint density at radius 3 is 2.88 bits per heavy atom. The molecular weight excluding hydrogens is 204 g/mol. The summed E-state index contributed by atoms with van der Waals surface area (Å²) in [6.45, 7) is 0.531. The van der Waals surface area contributed by atoms with E-state index in [0.717, 1.165) is 19.3 Å². The Kier molecular flexibility index (Phi) is 4.94. The van der Waals surface area contributed by atoms with Crippen molar-refractivity contribution in [3.05, 3.63) is 23.8 Å². The number of carbonyl (C=O) groups excluding carboxylic acids is 1. The monoisotopic (exact) mass is 218 g/mol. The van der Waals surface area contributed by atoms with Crippen molar-refractivity contribution in [2.75, 3.05) is 6.61 Å². The molecule has 0 spiro atoms. The quantitative estimate of drug-likeness (QED) is 0.453. The number of phenolic OH excluding ortho intramolecular Hbond substituents is 1. The molecule has 1 rings (SSSR count). The zero-order chi connectivity index (χ0) is 11.8. The Labute approximate surface area is 95.1 Å². The van der Waals surface area contributed by atoms with Gasteiger partial charge in [-0.2, -0.15) is 0 Å². The molecule has 0 radical (unpaired) electrons. The van der Waals surface area contributed by atoms with E-state index in [2.05, 4.69) is 5.92 Å². The van der Waals surface area contributed by atoms with Gasteiger partial charge in [-0.3, -0.25) is 4.79 Å². The van der Waals surface area contributed by atoms with Crippen LogP contribution in [0, 0.1) is 12.3 Å². The van der Waals surface area contributed by atoms with Crippen molar-refractivity contribution in [1.29, 1.82) is 0 Å². The third-order valence-electron chi connectivity index (χ3n) is 2.03. The van der Waals surface area contributed by atoms with Crippen LogP contribution in [0.3, 0.4) is 0 Å². The number of ether oxygens (including phenoxy) is 1. The molecule has 0 heterocycles. The highest BCUT2D eigenvalue weighted by molar-refractivity contribution is 5.76. The van der Waals surface area contributed by atoms with Gasteiger partial charge in [0.05, 0.1) is 6.61 Å². The van der Waals surface area contributed by atoms with E-state index in [1.54, 1.807) is 6.07 Å². The molecule has 16 heavy (non-hydrogen) atoms. The van der Waals surface area contributed by atoms with E-state index in [1.165, 1.54) is 12.1 Å². The highest BCUT2D eigenvalue weighted by atomic mass is 16.5. The molecule has 1 aromatic carbocycles. The number of benzene rings is 1. The average Bonchev–Trinajstić information content (AvgIpc) is 2.28. The SMILES string of the molecule is C#CCCCCOc1cc(O)cc(C=O)c1. The summed E-state index contributed by atoms with van der Waals surface area (Å²) in [5.74, 6) is 3.09. The maximum atomic E-state index is 10.5. The van der Waals surface area contributed by atoms with E-state index in [4.69, 9.17) is 11.2 Å². The Morgan fingerprint density at radius 2 is 2.19 bits per heavy atom. The van der Waals surface area contributed by atoms with Gasteiger partial charge in [0.15, 0.2) is 0 Å². The van der Waals surface area contributed by atoms with E-state index >= 15 is 0 Å². The summed E-state index contributed by atoms with van der Waals surface area (Å²) in [7, 11) is 0. The van der Waals surface area contributed by atoms with Crippen LogP contribution in [-0.2, 0) is 0 Å². The Hall–Kier alpha value is -1.95. The number of hydrogen-bond donors (Lipinski definition) is 1.